The number of sulfone groups is 1. The van der Waals surface area contributed by atoms with E-state index in [0.29, 0.717) is 30.6 Å². The maximum absolute atomic E-state index is 12.8. The number of rotatable bonds is 6. The van der Waals surface area contributed by atoms with Crippen LogP contribution in [0.4, 0.5) is 13.2 Å². The molecule has 2 heterocycles. The maximum atomic E-state index is 12.8. The minimum Gasteiger partial charge on any atom is -0.385 e. The lowest BCUT2D eigenvalue weighted by Crippen LogP contribution is -2.47. The number of aryl methyl sites for hydroxylation is 1. The second-order valence-corrected chi connectivity index (χ2v) is 10.3. The van der Waals surface area contributed by atoms with Crippen LogP contribution in [0.2, 0.25) is 0 Å². The summed E-state index contributed by atoms with van der Waals surface area (Å²) in [6.45, 7) is 2.28. The van der Waals surface area contributed by atoms with Crippen molar-refractivity contribution in [1.82, 2.24) is 20.3 Å². The fourth-order valence-corrected chi connectivity index (χ4v) is 4.51. The van der Waals surface area contributed by atoms with Gasteiger partial charge in [-0.2, -0.15) is 13.2 Å². The Bertz CT molecular complexity index is 976. The van der Waals surface area contributed by atoms with Gasteiger partial charge in [0.15, 0.2) is 0 Å². The summed E-state index contributed by atoms with van der Waals surface area (Å²) >= 11 is 0. The summed E-state index contributed by atoms with van der Waals surface area (Å²) < 4.78 is 62.6. The smallest absolute Gasteiger partial charge is 0.385 e. The molecule has 0 amide bonds. The van der Waals surface area contributed by atoms with E-state index in [1.807, 2.05) is 6.92 Å². The van der Waals surface area contributed by atoms with Crippen LogP contribution >= 0.6 is 0 Å². The molecule has 3 atom stereocenters. The van der Waals surface area contributed by atoms with Crippen LogP contribution in [0.5, 0.6) is 0 Å². The van der Waals surface area contributed by atoms with Gasteiger partial charge in [-0.1, -0.05) is 17.3 Å². The lowest BCUT2D eigenvalue weighted by molar-refractivity contribution is -0.137. The van der Waals surface area contributed by atoms with Gasteiger partial charge in [-0.3, -0.25) is 4.68 Å². The zero-order valence-electron chi connectivity index (χ0n) is 16.7. The summed E-state index contributed by atoms with van der Waals surface area (Å²) in [4.78, 5) is 0. The summed E-state index contributed by atoms with van der Waals surface area (Å²) in [6, 6.07) is 4.15. The fourth-order valence-electron chi connectivity index (χ4n) is 3.86. The molecule has 1 aliphatic heterocycles. The number of nitrogens with zero attached hydrogens (tertiary/aromatic N) is 3. The second kappa shape index (κ2) is 8.27. The number of benzene rings is 1. The molecule has 0 aliphatic carbocycles. The number of aliphatic hydroxyl groups is 1. The summed E-state index contributed by atoms with van der Waals surface area (Å²) in [6.07, 6.45) is -0.575. The van der Waals surface area contributed by atoms with Gasteiger partial charge in [0.1, 0.15) is 9.84 Å². The largest absolute Gasteiger partial charge is 0.416 e. The van der Waals surface area contributed by atoms with Gasteiger partial charge in [0.25, 0.3) is 0 Å². The van der Waals surface area contributed by atoms with Crippen molar-refractivity contribution in [3.63, 3.8) is 0 Å². The molecule has 0 radical (unpaired) electrons. The Labute approximate surface area is 173 Å². The van der Waals surface area contributed by atoms with Gasteiger partial charge in [0.05, 0.1) is 34.8 Å². The molecule has 1 fully saturated rings. The average molecular weight is 446 g/mol. The first-order valence-electron chi connectivity index (χ1n) is 9.60. The van der Waals surface area contributed by atoms with E-state index in [9.17, 15) is 26.7 Å². The summed E-state index contributed by atoms with van der Waals surface area (Å²) in [5.74, 6) is 0.0502. The molecular weight excluding hydrogens is 421 g/mol. The second-order valence-electron chi connectivity index (χ2n) is 8.03. The zero-order chi connectivity index (χ0) is 22.2. The molecule has 1 aromatic carbocycles. The Morgan fingerprint density at radius 2 is 1.93 bits per heavy atom. The van der Waals surface area contributed by atoms with E-state index in [1.165, 1.54) is 18.4 Å². The molecule has 2 aromatic rings. The van der Waals surface area contributed by atoms with Crippen molar-refractivity contribution in [3.05, 3.63) is 47.3 Å². The van der Waals surface area contributed by atoms with E-state index in [-0.39, 0.29) is 24.3 Å². The predicted molar refractivity (Wildman–Crippen MR) is 104 cm³/mol. The number of aromatic nitrogens is 3. The van der Waals surface area contributed by atoms with E-state index < -0.39 is 27.2 Å². The first kappa shape index (κ1) is 22.7. The molecule has 3 rings (SSSR count). The third-order valence-electron chi connectivity index (χ3n) is 5.24. The molecule has 1 aliphatic rings. The van der Waals surface area contributed by atoms with E-state index in [4.69, 9.17) is 0 Å². The van der Waals surface area contributed by atoms with E-state index >= 15 is 0 Å². The topological polar surface area (TPSA) is 97.1 Å². The van der Waals surface area contributed by atoms with Crippen LogP contribution < -0.4 is 5.32 Å². The minimum atomic E-state index is -4.43. The van der Waals surface area contributed by atoms with Gasteiger partial charge >= 0.3 is 6.18 Å². The van der Waals surface area contributed by atoms with Crippen LogP contribution in [0.25, 0.3) is 0 Å². The Kier molecular flexibility index (Phi) is 6.26. The van der Waals surface area contributed by atoms with E-state index in [1.54, 1.807) is 10.9 Å². The average Bonchev–Trinajstić information content (AvgIpc) is 3.08. The van der Waals surface area contributed by atoms with Crippen molar-refractivity contribution in [2.45, 2.75) is 56.6 Å². The number of alkyl halides is 3. The fraction of sp³-hybridized carbons (Fsp3) is 0.579. The van der Waals surface area contributed by atoms with Crippen LogP contribution in [0.1, 0.15) is 49.0 Å². The van der Waals surface area contributed by atoms with Crippen molar-refractivity contribution >= 4 is 9.84 Å². The SMILES string of the molecule is C[C@H]1CC(O)(c2ccc(C(F)(F)F)cc2)C[C@@H](c2cn(CCCS(C)(=O)=O)nn2)N1. The van der Waals surface area contributed by atoms with Gasteiger partial charge in [-0.05, 0) is 37.5 Å². The zero-order valence-corrected chi connectivity index (χ0v) is 17.5. The quantitative estimate of drug-likeness (QED) is 0.708. The third kappa shape index (κ3) is 5.58. The molecule has 30 heavy (non-hydrogen) atoms. The van der Waals surface area contributed by atoms with Crippen molar-refractivity contribution in [1.29, 1.82) is 0 Å². The van der Waals surface area contributed by atoms with Crippen molar-refractivity contribution in [3.8, 4) is 0 Å². The molecule has 7 nitrogen and oxygen atoms in total. The highest BCUT2D eigenvalue weighted by Crippen LogP contribution is 2.40. The van der Waals surface area contributed by atoms with Crippen molar-refractivity contribution in [2.24, 2.45) is 0 Å². The molecule has 1 unspecified atom stereocenters. The molecule has 1 aromatic heterocycles. The highest BCUT2D eigenvalue weighted by Gasteiger charge is 2.41. The Balaban J connectivity index is 1.74. The maximum Gasteiger partial charge on any atom is 0.416 e. The highest BCUT2D eigenvalue weighted by molar-refractivity contribution is 7.90. The van der Waals surface area contributed by atoms with Gasteiger partial charge < -0.3 is 10.4 Å². The monoisotopic (exact) mass is 446 g/mol. The molecule has 2 N–H and O–H groups in total. The predicted octanol–water partition coefficient (Wildman–Crippen LogP) is 2.43. The van der Waals surface area contributed by atoms with Crippen LogP contribution in [-0.2, 0) is 28.2 Å². The first-order chi connectivity index (χ1) is 13.9. The molecular formula is C19H25F3N4O3S. The first-order valence-corrected chi connectivity index (χ1v) is 11.7. The number of piperidine rings is 1. The highest BCUT2D eigenvalue weighted by atomic mass is 32.2. The van der Waals surface area contributed by atoms with Gasteiger partial charge in [0, 0.05) is 25.3 Å². The molecule has 11 heteroatoms. The summed E-state index contributed by atoms with van der Waals surface area (Å²) in [5.41, 5.74) is -1.05. The van der Waals surface area contributed by atoms with Crippen LogP contribution in [0.15, 0.2) is 30.5 Å². The van der Waals surface area contributed by atoms with Gasteiger partial charge in [0.2, 0.25) is 0 Å². The van der Waals surface area contributed by atoms with Crippen molar-refractivity contribution in [2.75, 3.05) is 12.0 Å². The number of nitrogens with one attached hydrogen (secondary N) is 1. The van der Waals surface area contributed by atoms with E-state index in [0.717, 1.165) is 12.1 Å². The summed E-state index contributed by atoms with van der Waals surface area (Å²) in [5, 5.41) is 22.7. The van der Waals surface area contributed by atoms with Gasteiger partial charge in [-0.25, -0.2) is 8.42 Å². The van der Waals surface area contributed by atoms with E-state index in [2.05, 4.69) is 15.6 Å². The standard InChI is InChI=1S/C19H25F3N4O3S/c1-13-10-18(27,14-4-6-15(7-5-14)19(20,21)22)11-16(23-13)17-12-26(25-24-17)8-3-9-30(2,28)29/h4-7,12-13,16,23,27H,3,8-11H2,1-2H3/t13-,16-,18?/m0/s1. The molecule has 166 valence electrons. The molecule has 0 bridgehead atoms. The lowest BCUT2D eigenvalue weighted by Gasteiger charge is -2.40. The number of hydrogen-bond donors (Lipinski definition) is 2. The van der Waals surface area contributed by atoms with Crippen LogP contribution in [-0.4, -0.2) is 46.6 Å². The van der Waals surface area contributed by atoms with Crippen LogP contribution in [0, 0.1) is 0 Å². The Hall–Kier alpha value is -1.98. The molecule has 0 saturated carbocycles. The normalized spacial score (nSPS) is 25.4. The minimum absolute atomic E-state index is 0.0502. The lowest BCUT2D eigenvalue weighted by atomic mass is 9.78. The third-order valence-corrected chi connectivity index (χ3v) is 6.27. The summed E-state index contributed by atoms with van der Waals surface area (Å²) in [7, 11) is -3.05. The van der Waals surface area contributed by atoms with Gasteiger partial charge in [-0.15, -0.1) is 5.10 Å². The number of halogens is 3. The number of hydrogen-bond acceptors (Lipinski definition) is 6. The Morgan fingerprint density at radius 1 is 1.27 bits per heavy atom. The van der Waals surface area contributed by atoms with Crippen molar-refractivity contribution < 1.29 is 26.7 Å². The molecule has 1 saturated heterocycles. The Morgan fingerprint density at radius 3 is 2.53 bits per heavy atom. The van der Waals surface area contributed by atoms with Crippen LogP contribution in [0.3, 0.4) is 0 Å². The molecule has 0 spiro atoms.